The van der Waals surface area contributed by atoms with Gasteiger partial charge >= 0.3 is 6.03 Å². The second-order valence-corrected chi connectivity index (χ2v) is 6.41. The standard InChI is InChI=1S/C19H23ClN2O2/c1-14-6-4-7-15(10-14)12-21-18(23)22-13-19(2,24-3)16-8-5-9-17(20)11-16/h4-11H,12-13H2,1-3H3,(H2,21,22,23). The van der Waals surface area contributed by atoms with Crippen LogP contribution in [-0.4, -0.2) is 19.7 Å². The maximum Gasteiger partial charge on any atom is 0.315 e. The molecule has 5 heteroatoms. The van der Waals surface area contributed by atoms with Gasteiger partial charge in [-0.05, 0) is 37.1 Å². The highest BCUT2D eigenvalue weighted by molar-refractivity contribution is 6.30. The summed E-state index contributed by atoms with van der Waals surface area (Å²) >= 11 is 6.05. The third-order valence-electron chi connectivity index (χ3n) is 4.01. The molecule has 24 heavy (non-hydrogen) atoms. The zero-order valence-corrected chi connectivity index (χ0v) is 15.0. The third-order valence-corrected chi connectivity index (χ3v) is 4.24. The van der Waals surface area contributed by atoms with Crippen molar-refractivity contribution >= 4 is 17.6 Å². The molecule has 2 N–H and O–H groups in total. The summed E-state index contributed by atoms with van der Waals surface area (Å²) in [5.41, 5.74) is 2.50. The average Bonchev–Trinajstić information content (AvgIpc) is 2.58. The zero-order valence-electron chi connectivity index (χ0n) is 14.2. The number of carbonyl (C=O) groups excluding carboxylic acids is 1. The lowest BCUT2D eigenvalue weighted by Crippen LogP contribution is -2.44. The van der Waals surface area contributed by atoms with Gasteiger partial charge in [0.05, 0.1) is 6.54 Å². The highest BCUT2D eigenvalue weighted by Gasteiger charge is 2.27. The van der Waals surface area contributed by atoms with Crippen molar-refractivity contribution in [1.82, 2.24) is 10.6 Å². The van der Waals surface area contributed by atoms with E-state index in [0.29, 0.717) is 18.1 Å². The number of halogens is 1. The number of aryl methyl sites for hydroxylation is 1. The Morgan fingerprint density at radius 3 is 2.58 bits per heavy atom. The van der Waals surface area contributed by atoms with Crippen molar-refractivity contribution in [2.75, 3.05) is 13.7 Å². The molecule has 0 aliphatic heterocycles. The fourth-order valence-electron chi connectivity index (χ4n) is 2.43. The molecule has 0 saturated carbocycles. The summed E-state index contributed by atoms with van der Waals surface area (Å²) in [6, 6.07) is 15.3. The van der Waals surface area contributed by atoms with Gasteiger partial charge < -0.3 is 15.4 Å². The Kier molecular flexibility index (Phi) is 6.23. The summed E-state index contributed by atoms with van der Waals surface area (Å²) in [6.07, 6.45) is 0. The molecule has 2 amide bonds. The highest BCUT2D eigenvalue weighted by atomic mass is 35.5. The van der Waals surface area contributed by atoms with E-state index in [9.17, 15) is 4.79 Å². The summed E-state index contributed by atoms with van der Waals surface area (Å²) in [5, 5.41) is 6.35. The summed E-state index contributed by atoms with van der Waals surface area (Å²) in [5.74, 6) is 0. The first kappa shape index (κ1) is 18.3. The van der Waals surface area contributed by atoms with Crippen LogP contribution in [0.4, 0.5) is 4.79 Å². The summed E-state index contributed by atoms with van der Waals surface area (Å²) in [6.45, 7) is 4.76. The van der Waals surface area contributed by atoms with Crippen LogP contribution in [0.2, 0.25) is 5.02 Å². The summed E-state index contributed by atoms with van der Waals surface area (Å²) < 4.78 is 5.61. The highest BCUT2D eigenvalue weighted by Crippen LogP contribution is 2.26. The van der Waals surface area contributed by atoms with E-state index < -0.39 is 5.60 Å². The van der Waals surface area contributed by atoms with Gasteiger partial charge in [-0.25, -0.2) is 4.79 Å². The van der Waals surface area contributed by atoms with E-state index >= 15 is 0 Å². The molecule has 0 aliphatic rings. The molecule has 0 bridgehead atoms. The number of hydrogen-bond donors (Lipinski definition) is 2. The van der Waals surface area contributed by atoms with Gasteiger partial charge in [0.15, 0.2) is 0 Å². The van der Waals surface area contributed by atoms with Gasteiger partial charge in [0, 0.05) is 18.7 Å². The number of ether oxygens (including phenoxy) is 1. The molecule has 4 nitrogen and oxygen atoms in total. The van der Waals surface area contributed by atoms with E-state index in [2.05, 4.69) is 10.6 Å². The number of methoxy groups -OCH3 is 1. The summed E-state index contributed by atoms with van der Waals surface area (Å²) in [4.78, 5) is 12.1. The quantitative estimate of drug-likeness (QED) is 0.830. The predicted molar refractivity (Wildman–Crippen MR) is 97.2 cm³/mol. The Balaban J connectivity index is 1.91. The first-order valence-corrected chi connectivity index (χ1v) is 8.19. The number of hydrogen-bond acceptors (Lipinski definition) is 2. The molecule has 0 saturated heterocycles. The molecule has 0 radical (unpaired) electrons. The molecule has 2 aromatic rings. The fraction of sp³-hybridized carbons (Fsp3) is 0.316. The van der Waals surface area contributed by atoms with Crippen LogP contribution >= 0.6 is 11.6 Å². The van der Waals surface area contributed by atoms with Crippen LogP contribution in [0.1, 0.15) is 23.6 Å². The van der Waals surface area contributed by atoms with Crippen molar-refractivity contribution in [2.45, 2.75) is 26.0 Å². The van der Waals surface area contributed by atoms with Gasteiger partial charge in [0.2, 0.25) is 0 Å². The van der Waals surface area contributed by atoms with Crippen LogP contribution in [0.25, 0.3) is 0 Å². The van der Waals surface area contributed by atoms with E-state index in [-0.39, 0.29) is 6.03 Å². The van der Waals surface area contributed by atoms with Crippen molar-refractivity contribution in [3.63, 3.8) is 0 Å². The van der Waals surface area contributed by atoms with E-state index in [1.807, 2.05) is 62.4 Å². The average molecular weight is 347 g/mol. The normalized spacial score (nSPS) is 13.2. The van der Waals surface area contributed by atoms with Gasteiger partial charge in [-0.15, -0.1) is 0 Å². The maximum atomic E-state index is 12.1. The van der Waals surface area contributed by atoms with Crippen LogP contribution in [0.3, 0.4) is 0 Å². The Morgan fingerprint density at radius 1 is 1.17 bits per heavy atom. The maximum absolute atomic E-state index is 12.1. The van der Waals surface area contributed by atoms with Crippen molar-refractivity contribution in [1.29, 1.82) is 0 Å². The Bertz CT molecular complexity index is 705. The topological polar surface area (TPSA) is 50.4 Å². The molecular weight excluding hydrogens is 324 g/mol. The van der Waals surface area contributed by atoms with Crippen molar-refractivity contribution in [3.8, 4) is 0 Å². The second-order valence-electron chi connectivity index (χ2n) is 5.97. The molecule has 0 aromatic heterocycles. The summed E-state index contributed by atoms with van der Waals surface area (Å²) in [7, 11) is 1.62. The first-order chi connectivity index (χ1) is 11.4. The van der Waals surface area contributed by atoms with Crippen LogP contribution in [0, 0.1) is 6.92 Å². The van der Waals surface area contributed by atoms with Crippen LogP contribution in [0.5, 0.6) is 0 Å². The van der Waals surface area contributed by atoms with Gasteiger partial charge in [-0.3, -0.25) is 0 Å². The number of urea groups is 1. The molecule has 2 aromatic carbocycles. The number of amides is 2. The Morgan fingerprint density at radius 2 is 1.92 bits per heavy atom. The number of rotatable bonds is 6. The van der Waals surface area contributed by atoms with E-state index in [0.717, 1.165) is 11.1 Å². The molecule has 0 spiro atoms. The molecule has 2 rings (SSSR count). The second kappa shape index (κ2) is 8.18. The number of nitrogens with one attached hydrogen (secondary N) is 2. The lowest BCUT2D eigenvalue weighted by Gasteiger charge is -2.29. The van der Waals surface area contributed by atoms with Gasteiger partial charge in [0.1, 0.15) is 5.60 Å². The van der Waals surface area contributed by atoms with Crippen LogP contribution in [-0.2, 0) is 16.9 Å². The monoisotopic (exact) mass is 346 g/mol. The SMILES string of the molecule is COC(C)(CNC(=O)NCc1cccc(C)c1)c1cccc(Cl)c1. The van der Waals surface area contributed by atoms with E-state index in [4.69, 9.17) is 16.3 Å². The molecule has 128 valence electrons. The molecule has 0 heterocycles. The number of carbonyl (C=O) groups is 1. The van der Waals surface area contributed by atoms with Crippen LogP contribution in [0.15, 0.2) is 48.5 Å². The van der Waals surface area contributed by atoms with E-state index in [1.165, 1.54) is 5.56 Å². The van der Waals surface area contributed by atoms with Gasteiger partial charge in [-0.1, -0.05) is 53.6 Å². The number of benzene rings is 2. The predicted octanol–water partition coefficient (Wildman–Crippen LogP) is 4.01. The Hall–Kier alpha value is -2.04. The molecule has 0 fully saturated rings. The zero-order chi connectivity index (χ0) is 17.6. The lowest BCUT2D eigenvalue weighted by atomic mass is 9.96. The third kappa shape index (κ3) is 4.98. The first-order valence-electron chi connectivity index (χ1n) is 7.81. The molecule has 1 atom stereocenters. The van der Waals surface area contributed by atoms with Crippen molar-refractivity contribution < 1.29 is 9.53 Å². The molecule has 0 aliphatic carbocycles. The van der Waals surface area contributed by atoms with Crippen molar-refractivity contribution in [2.24, 2.45) is 0 Å². The van der Waals surface area contributed by atoms with Crippen molar-refractivity contribution in [3.05, 3.63) is 70.2 Å². The van der Waals surface area contributed by atoms with Gasteiger partial charge in [-0.2, -0.15) is 0 Å². The van der Waals surface area contributed by atoms with Crippen LogP contribution < -0.4 is 10.6 Å². The minimum Gasteiger partial charge on any atom is -0.372 e. The minimum absolute atomic E-state index is 0.234. The molecular formula is C19H23ClN2O2. The Labute approximate surface area is 148 Å². The minimum atomic E-state index is -0.647. The fourth-order valence-corrected chi connectivity index (χ4v) is 2.62. The lowest BCUT2D eigenvalue weighted by molar-refractivity contribution is 0.00488. The smallest absolute Gasteiger partial charge is 0.315 e. The molecule has 1 unspecified atom stereocenters. The van der Waals surface area contributed by atoms with E-state index in [1.54, 1.807) is 7.11 Å². The van der Waals surface area contributed by atoms with Gasteiger partial charge in [0.25, 0.3) is 0 Å². The largest absolute Gasteiger partial charge is 0.372 e.